The average Bonchev–Trinajstić information content (AvgIpc) is 3.33. The van der Waals surface area contributed by atoms with Crippen LogP contribution in [0.5, 0.6) is 0 Å². The fourth-order valence-corrected chi connectivity index (χ4v) is 4.24. The van der Waals surface area contributed by atoms with E-state index in [1.165, 1.54) is 23.1 Å². The number of amides is 1. The zero-order valence-corrected chi connectivity index (χ0v) is 14.0. The normalized spacial score (nSPS) is 17.0. The van der Waals surface area contributed by atoms with E-state index in [9.17, 15) is 4.79 Å². The van der Waals surface area contributed by atoms with Crippen LogP contribution in [-0.4, -0.2) is 30.7 Å². The number of rotatable bonds is 4. The van der Waals surface area contributed by atoms with Gasteiger partial charge in [-0.25, -0.2) is 15.4 Å². The molecule has 3 aromatic heterocycles. The molecule has 24 heavy (non-hydrogen) atoms. The van der Waals surface area contributed by atoms with Crippen LogP contribution in [0.15, 0.2) is 47.1 Å². The lowest BCUT2D eigenvalue weighted by molar-refractivity contribution is -0.128. The highest BCUT2D eigenvalue weighted by atomic mass is 32.2. The van der Waals surface area contributed by atoms with Crippen LogP contribution in [0.2, 0.25) is 0 Å². The van der Waals surface area contributed by atoms with Crippen LogP contribution >= 0.6 is 23.1 Å². The van der Waals surface area contributed by atoms with Gasteiger partial charge in [0, 0.05) is 11.6 Å². The molecule has 0 saturated carbocycles. The molecule has 3 N–H and O–H groups in total. The number of nitrogens with zero attached hydrogens (tertiary/aromatic N) is 3. The predicted molar refractivity (Wildman–Crippen MR) is 93.9 cm³/mol. The lowest BCUT2D eigenvalue weighted by atomic mass is 10.3. The zero-order valence-electron chi connectivity index (χ0n) is 12.3. The van der Waals surface area contributed by atoms with Crippen molar-refractivity contribution in [1.29, 1.82) is 0 Å². The number of imidazole rings is 1. The van der Waals surface area contributed by atoms with Crippen LogP contribution < -0.4 is 10.8 Å². The molecule has 7 nitrogen and oxygen atoms in total. The van der Waals surface area contributed by atoms with Crippen molar-refractivity contribution in [2.24, 2.45) is 0 Å². The molecule has 0 aromatic carbocycles. The van der Waals surface area contributed by atoms with E-state index in [1.807, 2.05) is 40.3 Å². The van der Waals surface area contributed by atoms with Gasteiger partial charge in [-0.15, -0.1) is 11.3 Å². The van der Waals surface area contributed by atoms with Gasteiger partial charge in [-0.3, -0.25) is 14.4 Å². The minimum atomic E-state index is -0.390. The topological polar surface area (TPSA) is 91.5 Å². The molecule has 0 radical (unpaired) electrons. The van der Waals surface area contributed by atoms with Crippen LogP contribution in [-0.2, 0) is 4.79 Å². The Balaban J connectivity index is 1.51. The number of pyridine rings is 1. The molecule has 3 aromatic rings. The monoisotopic (exact) mass is 359 g/mol. The molecule has 0 spiro atoms. The molecule has 1 aliphatic rings. The Bertz CT molecular complexity index is 933. The molecule has 1 unspecified atom stereocenters. The number of aromatic nitrogens is 3. The second-order valence-corrected chi connectivity index (χ2v) is 7.22. The Kier molecular flexibility index (Phi) is 3.97. The minimum absolute atomic E-state index is 0.310. The molecular weight excluding hydrogens is 346 g/mol. The minimum Gasteiger partial charge on any atom is -0.326 e. The maximum absolute atomic E-state index is 11.4. The van der Waals surface area contributed by atoms with Crippen molar-refractivity contribution >= 4 is 39.8 Å². The van der Waals surface area contributed by atoms with E-state index in [0.29, 0.717) is 6.42 Å². The summed E-state index contributed by atoms with van der Waals surface area (Å²) in [6.07, 6.45) is 6.27. The second kappa shape index (κ2) is 6.27. The third kappa shape index (κ3) is 2.77. The van der Waals surface area contributed by atoms with E-state index in [2.05, 4.69) is 15.3 Å². The van der Waals surface area contributed by atoms with Crippen LogP contribution in [0, 0.1) is 0 Å². The van der Waals surface area contributed by atoms with Gasteiger partial charge in [0.15, 0.2) is 5.13 Å². The lowest BCUT2D eigenvalue weighted by Gasteiger charge is -2.07. The van der Waals surface area contributed by atoms with E-state index < -0.39 is 5.91 Å². The Hall–Kier alpha value is -2.36. The summed E-state index contributed by atoms with van der Waals surface area (Å²) < 4.78 is 1.99. The summed E-state index contributed by atoms with van der Waals surface area (Å²) in [4.78, 5) is 20.4. The summed E-state index contributed by atoms with van der Waals surface area (Å²) in [5.41, 5.74) is 4.34. The maximum Gasteiger partial charge on any atom is 0.257 e. The van der Waals surface area contributed by atoms with Gasteiger partial charge < -0.3 is 5.32 Å². The third-order valence-corrected chi connectivity index (χ3v) is 5.57. The second-order valence-electron chi connectivity index (χ2n) is 5.12. The summed E-state index contributed by atoms with van der Waals surface area (Å²) in [5.74, 6) is -0.390. The number of nitrogens with one attached hydrogen (secondary N) is 2. The first kappa shape index (κ1) is 15.2. The third-order valence-electron chi connectivity index (χ3n) is 3.60. The molecular formula is C15H13N5O2S2. The van der Waals surface area contributed by atoms with Crippen molar-refractivity contribution in [3.63, 3.8) is 0 Å². The van der Waals surface area contributed by atoms with E-state index in [-0.39, 0.29) is 5.25 Å². The number of fused-ring (bicyclic) bond motifs is 1. The molecule has 4 heterocycles. The van der Waals surface area contributed by atoms with Crippen LogP contribution in [0.25, 0.3) is 17.0 Å². The summed E-state index contributed by atoms with van der Waals surface area (Å²) in [7, 11) is 0. The summed E-state index contributed by atoms with van der Waals surface area (Å²) >= 11 is 2.87. The lowest BCUT2D eigenvalue weighted by Crippen LogP contribution is -2.28. The van der Waals surface area contributed by atoms with Crippen molar-refractivity contribution < 1.29 is 10.0 Å². The van der Waals surface area contributed by atoms with Gasteiger partial charge in [-0.1, -0.05) is 23.9 Å². The number of thioether (sulfide) groups is 1. The molecule has 1 aliphatic heterocycles. The van der Waals surface area contributed by atoms with Crippen molar-refractivity contribution in [2.45, 2.75) is 11.7 Å². The smallest absolute Gasteiger partial charge is 0.257 e. The van der Waals surface area contributed by atoms with Crippen molar-refractivity contribution in [2.75, 3.05) is 5.32 Å². The predicted octanol–water partition coefficient (Wildman–Crippen LogP) is 2.72. The molecule has 9 heteroatoms. The van der Waals surface area contributed by atoms with Gasteiger partial charge in [-0.2, -0.15) is 0 Å². The molecule has 1 atom stereocenters. The van der Waals surface area contributed by atoms with Gasteiger partial charge in [0.25, 0.3) is 5.91 Å². The van der Waals surface area contributed by atoms with E-state index in [0.717, 1.165) is 27.2 Å². The number of hydrogen-bond donors (Lipinski definition) is 3. The highest BCUT2D eigenvalue weighted by Gasteiger charge is 2.25. The van der Waals surface area contributed by atoms with Crippen molar-refractivity contribution in [3.05, 3.63) is 47.1 Å². The highest BCUT2D eigenvalue weighted by Crippen LogP contribution is 2.34. The molecule has 122 valence electrons. The number of carbonyl (C=O) groups is 1. The molecule has 0 bridgehead atoms. The molecule has 4 rings (SSSR count). The van der Waals surface area contributed by atoms with E-state index >= 15 is 0 Å². The van der Waals surface area contributed by atoms with Gasteiger partial charge in [0.2, 0.25) is 0 Å². The quantitative estimate of drug-likeness (QED) is 0.490. The Morgan fingerprint density at radius 1 is 1.42 bits per heavy atom. The first-order chi connectivity index (χ1) is 11.7. The molecule has 1 amide bonds. The van der Waals surface area contributed by atoms with Crippen molar-refractivity contribution in [3.8, 4) is 11.4 Å². The fourth-order valence-electron chi connectivity index (χ4n) is 2.45. The van der Waals surface area contributed by atoms with E-state index in [1.54, 1.807) is 11.7 Å². The van der Waals surface area contributed by atoms with Gasteiger partial charge >= 0.3 is 0 Å². The van der Waals surface area contributed by atoms with Crippen LogP contribution in [0.3, 0.4) is 0 Å². The fraction of sp³-hybridized carbons (Fsp3) is 0.133. The van der Waals surface area contributed by atoms with E-state index in [4.69, 9.17) is 5.21 Å². The maximum atomic E-state index is 11.4. The highest BCUT2D eigenvalue weighted by molar-refractivity contribution is 8.04. The Morgan fingerprint density at radius 3 is 3.21 bits per heavy atom. The first-order valence-corrected chi connectivity index (χ1v) is 8.96. The van der Waals surface area contributed by atoms with Gasteiger partial charge in [0.05, 0.1) is 22.2 Å². The number of thiazole rings is 1. The number of hydroxylamine groups is 1. The van der Waals surface area contributed by atoms with Gasteiger partial charge in [0.1, 0.15) is 11.3 Å². The van der Waals surface area contributed by atoms with Crippen LogP contribution in [0.1, 0.15) is 6.42 Å². The number of allylic oxidation sites excluding steroid dienone is 1. The average molecular weight is 359 g/mol. The summed E-state index contributed by atoms with van der Waals surface area (Å²) in [6.45, 7) is 0. The SMILES string of the molecule is O=C(NO)C1CC=C(Nc2nc(-c3cnc4ccccn34)cs2)S1. The number of carbonyl (C=O) groups excluding carboxylic acids is 1. The van der Waals surface area contributed by atoms with Crippen molar-refractivity contribution in [1.82, 2.24) is 19.8 Å². The number of hydrogen-bond acceptors (Lipinski definition) is 7. The molecule has 0 aliphatic carbocycles. The first-order valence-electron chi connectivity index (χ1n) is 7.20. The zero-order chi connectivity index (χ0) is 16.5. The standard InChI is InChI=1S/C15H13N5O2S2/c21-14(19-22)11-4-5-13(24-11)18-15-17-9(8-23-15)10-7-16-12-3-1-2-6-20(10)12/h1-3,5-8,11,22H,4H2,(H,17,18)(H,19,21). The Labute approximate surface area is 145 Å². The summed E-state index contributed by atoms with van der Waals surface area (Å²) in [6, 6.07) is 5.85. The molecule has 0 fully saturated rings. The largest absolute Gasteiger partial charge is 0.326 e. The van der Waals surface area contributed by atoms with Crippen LogP contribution in [0.4, 0.5) is 5.13 Å². The summed E-state index contributed by atoms with van der Waals surface area (Å²) in [5, 5.41) is 15.2. The number of anilines is 1. The van der Waals surface area contributed by atoms with Gasteiger partial charge in [-0.05, 0) is 18.6 Å². The Morgan fingerprint density at radius 2 is 2.33 bits per heavy atom. The molecule has 0 saturated heterocycles.